The second-order valence-electron chi connectivity index (χ2n) is 5.84. The molecular weight excluding hydrogens is 284 g/mol. The molecule has 3 rings (SSSR count). The number of aryl methyl sites for hydroxylation is 1. The van der Waals surface area contributed by atoms with Crippen LogP contribution in [0.3, 0.4) is 0 Å². The van der Waals surface area contributed by atoms with Crippen LogP contribution >= 0.6 is 0 Å². The highest BCUT2D eigenvalue weighted by Gasteiger charge is 2.09. The van der Waals surface area contributed by atoms with Crippen molar-refractivity contribution in [2.45, 2.75) is 26.4 Å². The maximum Gasteiger partial charge on any atom is 0.0537 e. The molecule has 23 heavy (non-hydrogen) atoms. The van der Waals surface area contributed by atoms with Gasteiger partial charge in [0.1, 0.15) is 0 Å². The molecule has 4 heteroatoms. The summed E-state index contributed by atoms with van der Waals surface area (Å²) in [5.41, 5.74) is 6.13. The Morgan fingerprint density at radius 2 is 1.91 bits per heavy atom. The van der Waals surface area contributed by atoms with Crippen LogP contribution in [0.2, 0.25) is 0 Å². The number of nitrogens with one attached hydrogen (secondary N) is 1. The number of benzene rings is 1. The Balaban J connectivity index is 1.72. The van der Waals surface area contributed by atoms with Crippen LogP contribution in [0.1, 0.15) is 29.8 Å². The van der Waals surface area contributed by atoms with Gasteiger partial charge in [-0.05, 0) is 48.7 Å². The maximum absolute atomic E-state index is 4.29. The zero-order valence-corrected chi connectivity index (χ0v) is 13.8. The summed E-state index contributed by atoms with van der Waals surface area (Å²) in [7, 11) is 1.97. The zero-order chi connectivity index (χ0) is 16.2. The lowest BCUT2D eigenvalue weighted by atomic mass is 10.0. The zero-order valence-electron chi connectivity index (χ0n) is 13.8. The highest BCUT2D eigenvalue weighted by Crippen LogP contribution is 2.23. The van der Waals surface area contributed by atoms with Crippen molar-refractivity contribution in [3.63, 3.8) is 0 Å². The van der Waals surface area contributed by atoms with Gasteiger partial charge in [-0.15, -0.1) is 0 Å². The van der Waals surface area contributed by atoms with E-state index in [1.54, 1.807) is 0 Å². The molecule has 0 aliphatic carbocycles. The molecule has 0 spiro atoms. The maximum atomic E-state index is 4.29. The quantitative estimate of drug-likeness (QED) is 0.782. The molecular formula is C19H22N4. The Bertz CT molecular complexity index is 777. The third-order valence-corrected chi connectivity index (χ3v) is 4.34. The second-order valence-corrected chi connectivity index (χ2v) is 5.84. The summed E-state index contributed by atoms with van der Waals surface area (Å²) >= 11 is 0. The largest absolute Gasteiger partial charge is 0.306 e. The third-order valence-electron chi connectivity index (χ3n) is 4.34. The van der Waals surface area contributed by atoms with Crippen molar-refractivity contribution in [1.82, 2.24) is 20.1 Å². The van der Waals surface area contributed by atoms with E-state index in [-0.39, 0.29) is 6.04 Å². The van der Waals surface area contributed by atoms with Gasteiger partial charge in [0.2, 0.25) is 0 Å². The van der Waals surface area contributed by atoms with Crippen LogP contribution in [-0.2, 0) is 13.6 Å². The molecule has 0 amide bonds. The van der Waals surface area contributed by atoms with E-state index in [0.717, 1.165) is 6.54 Å². The minimum absolute atomic E-state index is 0.274. The first-order valence-corrected chi connectivity index (χ1v) is 7.86. The van der Waals surface area contributed by atoms with E-state index in [2.05, 4.69) is 53.5 Å². The van der Waals surface area contributed by atoms with E-state index in [4.69, 9.17) is 0 Å². The number of hydrogen-bond acceptors (Lipinski definition) is 3. The molecule has 0 radical (unpaired) electrons. The SMILES string of the molecule is Cc1c(CN[C@H](C)c2cccc(-c3ccncc3)c2)cnn1C. The Kier molecular flexibility index (Phi) is 4.53. The summed E-state index contributed by atoms with van der Waals surface area (Å²) < 4.78 is 1.91. The Morgan fingerprint density at radius 1 is 1.13 bits per heavy atom. The van der Waals surface area contributed by atoms with Crippen molar-refractivity contribution in [2.75, 3.05) is 0 Å². The van der Waals surface area contributed by atoms with Crippen molar-refractivity contribution in [1.29, 1.82) is 0 Å². The topological polar surface area (TPSA) is 42.7 Å². The molecule has 1 atom stereocenters. The second kappa shape index (κ2) is 6.75. The van der Waals surface area contributed by atoms with Gasteiger partial charge in [0.15, 0.2) is 0 Å². The Hall–Kier alpha value is -2.46. The first-order valence-electron chi connectivity index (χ1n) is 7.86. The van der Waals surface area contributed by atoms with Crippen molar-refractivity contribution < 1.29 is 0 Å². The Morgan fingerprint density at radius 3 is 2.61 bits per heavy atom. The molecule has 0 bridgehead atoms. The fraction of sp³-hybridized carbons (Fsp3) is 0.263. The molecule has 0 aliphatic rings. The van der Waals surface area contributed by atoms with Gasteiger partial charge < -0.3 is 5.32 Å². The van der Waals surface area contributed by atoms with E-state index in [0.29, 0.717) is 0 Å². The molecule has 0 aliphatic heterocycles. The lowest BCUT2D eigenvalue weighted by Gasteiger charge is -2.15. The summed E-state index contributed by atoms with van der Waals surface area (Å²) in [6, 6.07) is 13.0. The molecule has 2 aromatic heterocycles. The first kappa shape index (κ1) is 15.4. The summed E-state index contributed by atoms with van der Waals surface area (Å²) in [5.74, 6) is 0. The van der Waals surface area contributed by atoms with E-state index in [9.17, 15) is 0 Å². The monoisotopic (exact) mass is 306 g/mol. The van der Waals surface area contributed by atoms with E-state index in [1.165, 1.54) is 27.9 Å². The van der Waals surface area contributed by atoms with Crippen LogP contribution in [-0.4, -0.2) is 14.8 Å². The smallest absolute Gasteiger partial charge is 0.0537 e. The van der Waals surface area contributed by atoms with Gasteiger partial charge >= 0.3 is 0 Å². The fourth-order valence-corrected chi connectivity index (χ4v) is 2.63. The van der Waals surface area contributed by atoms with E-state index >= 15 is 0 Å². The molecule has 118 valence electrons. The predicted molar refractivity (Wildman–Crippen MR) is 92.9 cm³/mol. The van der Waals surface area contributed by atoms with Gasteiger partial charge in [0, 0.05) is 43.3 Å². The van der Waals surface area contributed by atoms with Gasteiger partial charge in [-0.2, -0.15) is 5.10 Å². The molecule has 4 nitrogen and oxygen atoms in total. The number of pyridine rings is 1. The lowest BCUT2D eigenvalue weighted by Crippen LogP contribution is -2.18. The van der Waals surface area contributed by atoms with Crippen molar-refractivity contribution in [3.05, 3.63) is 71.8 Å². The molecule has 0 unspecified atom stereocenters. The van der Waals surface area contributed by atoms with Crippen LogP contribution in [0.25, 0.3) is 11.1 Å². The number of rotatable bonds is 5. The van der Waals surface area contributed by atoms with Crippen LogP contribution in [0.4, 0.5) is 0 Å². The van der Waals surface area contributed by atoms with Crippen molar-refractivity contribution >= 4 is 0 Å². The fourth-order valence-electron chi connectivity index (χ4n) is 2.63. The summed E-state index contributed by atoms with van der Waals surface area (Å²) in [6.45, 7) is 5.11. The summed E-state index contributed by atoms with van der Waals surface area (Å²) in [4.78, 5) is 4.08. The highest BCUT2D eigenvalue weighted by molar-refractivity contribution is 5.63. The molecule has 0 fully saturated rings. The van der Waals surface area contributed by atoms with Crippen LogP contribution in [0, 0.1) is 6.92 Å². The molecule has 1 aromatic carbocycles. The van der Waals surface area contributed by atoms with Crippen molar-refractivity contribution in [3.8, 4) is 11.1 Å². The molecule has 2 heterocycles. The van der Waals surface area contributed by atoms with Gasteiger partial charge in [-0.25, -0.2) is 0 Å². The lowest BCUT2D eigenvalue weighted by molar-refractivity contribution is 0.572. The predicted octanol–water partition coefficient (Wildman–Crippen LogP) is 3.64. The van der Waals surface area contributed by atoms with Gasteiger partial charge in [-0.3, -0.25) is 9.67 Å². The number of aromatic nitrogens is 3. The van der Waals surface area contributed by atoms with Crippen LogP contribution < -0.4 is 5.32 Å². The first-order chi connectivity index (χ1) is 11.1. The third kappa shape index (κ3) is 3.48. The van der Waals surface area contributed by atoms with Gasteiger partial charge in [-0.1, -0.05) is 18.2 Å². The molecule has 3 aromatic rings. The number of nitrogens with zero attached hydrogens (tertiary/aromatic N) is 3. The molecule has 1 N–H and O–H groups in total. The molecule has 0 saturated carbocycles. The van der Waals surface area contributed by atoms with E-state index < -0.39 is 0 Å². The van der Waals surface area contributed by atoms with E-state index in [1.807, 2.05) is 42.5 Å². The molecule has 0 saturated heterocycles. The minimum atomic E-state index is 0.274. The average Bonchev–Trinajstić information content (AvgIpc) is 2.92. The van der Waals surface area contributed by atoms with Crippen LogP contribution in [0.15, 0.2) is 55.0 Å². The van der Waals surface area contributed by atoms with Gasteiger partial charge in [0.05, 0.1) is 6.20 Å². The summed E-state index contributed by atoms with van der Waals surface area (Å²) in [6.07, 6.45) is 5.59. The average molecular weight is 306 g/mol. The standard InChI is InChI=1S/C19H22N4/c1-14(21-12-19-13-22-23(3)15(19)2)17-5-4-6-18(11-17)16-7-9-20-10-8-16/h4-11,13-14,21H,12H2,1-3H3/t14-/m1/s1. The van der Waals surface area contributed by atoms with Gasteiger partial charge in [0.25, 0.3) is 0 Å². The highest BCUT2D eigenvalue weighted by atomic mass is 15.3. The summed E-state index contributed by atoms with van der Waals surface area (Å²) in [5, 5.41) is 7.87. The Labute approximate surface area is 137 Å². The number of hydrogen-bond donors (Lipinski definition) is 1. The van der Waals surface area contributed by atoms with Crippen LogP contribution in [0.5, 0.6) is 0 Å². The van der Waals surface area contributed by atoms with Crippen molar-refractivity contribution in [2.24, 2.45) is 7.05 Å². The normalized spacial score (nSPS) is 12.3. The minimum Gasteiger partial charge on any atom is -0.306 e.